The van der Waals surface area contributed by atoms with Gasteiger partial charge in [0.15, 0.2) is 0 Å². The number of aryl methyl sites for hydroxylation is 2. The SMILES string of the molecule is Cc1ccc(Sc2ccc(/C=N/NC(=O)c3ccc(C)cc3)cc2[N+](=O)[O-])cc1. The van der Waals surface area contributed by atoms with Crippen LogP contribution >= 0.6 is 11.8 Å². The van der Waals surface area contributed by atoms with Crippen LogP contribution in [0.3, 0.4) is 0 Å². The van der Waals surface area contributed by atoms with Gasteiger partial charge in [-0.3, -0.25) is 14.9 Å². The third-order valence-corrected chi connectivity index (χ3v) is 5.19. The van der Waals surface area contributed by atoms with Crippen LogP contribution in [0.4, 0.5) is 5.69 Å². The number of benzene rings is 3. The normalized spacial score (nSPS) is 10.8. The quantitative estimate of drug-likeness (QED) is 0.350. The van der Waals surface area contributed by atoms with E-state index < -0.39 is 4.92 Å². The van der Waals surface area contributed by atoms with Gasteiger partial charge in [0.25, 0.3) is 11.6 Å². The standard InChI is InChI=1S/C22H19N3O3S/c1-15-3-8-18(9-4-15)22(26)24-23-14-17-7-12-21(20(13-17)25(27)28)29-19-10-5-16(2)6-11-19/h3-14H,1-2H3,(H,24,26)/b23-14+. The molecule has 0 atom stereocenters. The van der Waals surface area contributed by atoms with Crippen LogP contribution in [0.15, 0.2) is 81.6 Å². The molecule has 3 aromatic carbocycles. The monoisotopic (exact) mass is 405 g/mol. The fourth-order valence-electron chi connectivity index (χ4n) is 2.51. The van der Waals surface area contributed by atoms with E-state index in [0.717, 1.165) is 16.0 Å². The molecule has 0 spiro atoms. The highest BCUT2D eigenvalue weighted by Gasteiger charge is 2.15. The Kier molecular flexibility index (Phi) is 6.41. The molecule has 3 rings (SSSR count). The zero-order chi connectivity index (χ0) is 20.8. The predicted octanol–water partition coefficient (Wildman–Crippen LogP) is 5.13. The van der Waals surface area contributed by atoms with Gasteiger partial charge in [0.1, 0.15) is 0 Å². The van der Waals surface area contributed by atoms with Crippen LogP contribution in [0, 0.1) is 24.0 Å². The number of nitro benzene ring substituents is 1. The topological polar surface area (TPSA) is 84.6 Å². The van der Waals surface area contributed by atoms with Crippen LogP contribution in [0.2, 0.25) is 0 Å². The van der Waals surface area contributed by atoms with Crippen molar-refractivity contribution in [3.8, 4) is 0 Å². The van der Waals surface area contributed by atoms with Gasteiger partial charge in [-0.05, 0) is 44.2 Å². The summed E-state index contributed by atoms with van der Waals surface area (Å²) < 4.78 is 0. The summed E-state index contributed by atoms with van der Waals surface area (Å²) in [5, 5.41) is 15.4. The van der Waals surface area contributed by atoms with Crippen molar-refractivity contribution in [3.05, 3.63) is 99.1 Å². The lowest BCUT2D eigenvalue weighted by atomic mass is 10.1. The molecule has 0 aliphatic heterocycles. The average molecular weight is 405 g/mol. The van der Waals surface area contributed by atoms with E-state index in [1.54, 1.807) is 24.3 Å². The molecule has 0 bridgehead atoms. The number of hydrazone groups is 1. The van der Waals surface area contributed by atoms with Crippen molar-refractivity contribution in [2.24, 2.45) is 5.10 Å². The Morgan fingerprint density at radius 2 is 1.62 bits per heavy atom. The van der Waals surface area contributed by atoms with Gasteiger partial charge in [-0.1, -0.05) is 53.2 Å². The second-order valence-electron chi connectivity index (χ2n) is 6.46. The third kappa shape index (κ3) is 5.52. The zero-order valence-corrected chi connectivity index (χ0v) is 16.8. The fraction of sp³-hybridized carbons (Fsp3) is 0.0909. The molecule has 0 saturated carbocycles. The van der Waals surface area contributed by atoms with Gasteiger partial charge in [-0.25, -0.2) is 5.43 Å². The largest absolute Gasteiger partial charge is 0.283 e. The first kappa shape index (κ1) is 20.3. The van der Waals surface area contributed by atoms with Gasteiger partial charge in [0.2, 0.25) is 0 Å². The first-order valence-corrected chi connectivity index (χ1v) is 9.67. The highest BCUT2D eigenvalue weighted by atomic mass is 32.2. The van der Waals surface area contributed by atoms with E-state index in [0.29, 0.717) is 16.0 Å². The molecular formula is C22H19N3O3S. The minimum atomic E-state index is -0.418. The van der Waals surface area contributed by atoms with Gasteiger partial charge < -0.3 is 0 Å². The number of amides is 1. The van der Waals surface area contributed by atoms with Crippen LogP contribution in [0.25, 0.3) is 0 Å². The van der Waals surface area contributed by atoms with Crippen LogP contribution < -0.4 is 5.43 Å². The van der Waals surface area contributed by atoms with Crippen molar-refractivity contribution in [3.63, 3.8) is 0 Å². The van der Waals surface area contributed by atoms with Crippen molar-refractivity contribution in [1.82, 2.24) is 5.43 Å². The van der Waals surface area contributed by atoms with Crippen LogP contribution in [0.5, 0.6) is 0 Å². The number of hydrogen-bond donors (Lipinski definition) is 1. The smallest absolute Gasteiger partial charge is 0.267 e. The molecule has 0 saturated heterocycles. The third-order valence-electron chi connectivity index (χ3n) is 4.12. The number of hydrogen-bond acceptors (Lipinski definition) is 5. The molecule has 1 amide bonds. The van der Waals surface area contributed by atoms with E-state index in [4.69, 9.17) is 0 Å². The Balaban J connectivity index is 1.73. The maximum Gasteiger partial charge on any atom is 0.283 e. The molecule has 0 fully saturated rings. The van der Waals surface area contributed by atoms with Gasteiger partial charge in [0, 0.05) is 22.1 Å². The Labute approximate surface area is 172 Å². The second-order valence-corrected chi connectivity index (χ2v) is 7.58. The Morgan fingerprint density at radius 1 is 1.00 bits per heavy atom. The van der Waals surface area contributed by atoms with Crippen LogP contribution in [-0.4, -0.2) is 17.0 Å². The minimum Gasteiger partial charge on any atom is -0.267 e. The molecule has 0 aliphatic rings. The summed E-state index contributed by atoms with van der Waals surface area (Å²) in [4.78, 5) is 24.6. The van der Waals surface area contributed by atoms with Crippen molar-refractivity contribution < 1.29 is 9.72 Å². The van der Waals surface area contributed by atoms with Crippen LogP contribution in [-0.2, 0) is 0 Å². The first-order chi connectivity index (χ1) is 13.9. The highest BCUT2D eigenvalue weighted by Crippen LogP contribution is 2.35. The summed E-state index contributed by atoms with van der Waals surface area (Å²) in [7, 11) is 0. The van der Waals surface area contributed by atoms with Crippen LogP contribution in [0.1, 0.15) is 27.0 Å². The minimum absolute atomic E-state index is 0.00983. The molecule has 7 heteroatoms. The molecule has 0 radical (unpaired) electrons. The summed E-state index contributed by atoms with van der Waals surface area (Å²) in [6.45, 7) is 3.93. The van der Waals surface area contributed by atoms with E-state index >= 15 is 0 Å². The van der Waals surface area contributed by atoms with E-state index in [1.807, 2.05) is 50.2 Å². The molecule has 6 nitrogen and oxygen atoms in total. The number of nitro groups is 1. The number of carbonyl (C=O) groups excluding carboxylic acids is 1. The zero-order valence-electron chi connectivity index (χ0n) is 16.0. The van der Waals surface area contributed by atoms with E-state index in [2.05, 4.69) is 10.5 Å². The fourth-order valence-corrected chi connectivity index (χ4v) is 3.41. The molecule has 3 aromatic rings. The Bertz CT molecular complexity index is 1060. The van der Waals surface area contributed by atoms with Crippen molar-refractivity contribution in [2.45, 2.75) is 23.6 Å². The highest BCUT2D eigenvalue weighted by molar-refractivity contribution is 7.99. The summed E-state index contributed by atoms with van der Waals surface area (Å²) >= 11 is 1.33. The van der Waals surface area contributed by atoms with Crippen molar-refractivity contribution in [1.29, 1.82) is 0 Å². The summed E-state index contributed by atoms with van der Waals surface area (Å²) in [6, 6.07) is 19.7. The lowest BCUT2D eigenvalue weighted by molar-refractivity contribution is -0.387. The lowest BCUT2D eigenvalue weighted by Crippen LogP contribution is -2.17. The first-order valence-electron chi connectivity index (χ1n) is 8.85. The maximum atomic E-state index is 12.1. The van der Waals surface area contributed by atoms with Gasteiger partial charge in [-0.2, -0.15) is 5.10 Å². The molecular weight excluding hydrogens is 386 g/mol. The Morgan fingerprint density at radius 3 is 2.24 bits per heavy atom. The van der Waals surface area contributed by atoms with Gasteiger partial charge in [0.05, 0.1) is 16.0 Å². The molecule has 1 N–H and O–H groups in total. The number of rotatable bonds is 6. The summed E-state index contributed by atoms with van der Waals surface area (Å²) in [5.41, 5.74) is 5.62. The molecule has 0 unspecified atom stereocenters. The number of nitrogens with zero attached hydrogens (tertiary/aromatic N) is 2. The number of nitrogens with one attached hydrogen (secondary N) is 1. The van der Waals surface area contributed by atoms with Gasteiger partial charge >= 0.3 is 0 Å². The average Bonchev–Trinajstić information content (AvgIpc) is 2.71. The summed E-state index contributed by atoms with van der Waals surface area (Å²) in [6.07, 6.45) is 1.39. The van der Waals surface area contributed by atoms with E-state index in [1.165, 1.54) is 24.0 Å². The van der Waals surface area contributed by atoms with Crippen molar-refractivity contribution >= 4 is 29.6 Å². The van der Waals surface area contributed by atoms with E-state index in [9.17, 15) is 14.9 Å². The predicted molar refractivity (Wildman–Crippen MR) is 115 cm³/mol. The second kappa shape index (κ2) is 9.16. The molecule has 146 valence electrons. The van der Waals surface area contributed by atoms with E-state index in [-0.39, 0.29) is 11.6 Å². The molecule has 0 heterocycles. The van der Waals surface area contributed by atoms with Gasteiger partial charge in [-0.15, -0.1) is 0 Å². The number of carbonyl (C=O) groups is 1. The molecule has 0 aliphatic carbocycles. The Hall–Kier alpha value is -3.45. The van der Waals surface area contributed by atoms with Crippen molar-refractivity contribution in [2.75, 3.05) is 0 Å². The molecule has 0 aromatic heterocycles. The maximum absolute atomic E-state index is 12.1. The summed E-state index contributed by atoms with van der Waals surface area (Å²) in [5.74, 6) is -0.345. The molecule has 29 heavy (non-hydrogen) atoms. The lowest BCUT2D eigenvalue weighted by Gasteiger charge is -2.05.